The topological polar surface area (TPSA) is 73.3 Å². The zero-order valence-corrected chi connectivity index (χ0v) is 11.5. The van der Waals surface area contributed by atoms with Gasteiger partial charge in [-0.2, -0.15) is 0 Å². The highest BCUT2D eigenvalue weighted by Crippen LogP contribution is 2.24. The van der Waals surface area contributed by atoms with E-state index in [0.29, 0.717) is 6.42 Å². The summed E-state index contributed by atoms with van der Waals surface area (Å²) in [6.07, 6.45) is 2.10. The van der Waals surface area contributed by atoms with Gasteiger partial charge in [-0.1, -0.05) is 20.8 Å². The molecule has 0 spiro atoms. The SMILES string of the molecule is CC(C)(C)c1ccc(CCCCS(N)(=O)=O)o1. The summed E-state index contributed by atoms with van der Waals surface area (Å²) in [5.41, 5.74) is 0.0127. The molecular formula is C12H21NO3S. The molecule has 98 valence electrons. The molecular weight excluding hydrogens is 238 g/mol. The van der Waals surface area contributed by atoms with Crippen LogP contribution in [0.3, 0.4) is 0 Å². The molecule has 0 aliphatic rings. The third-order valence-corrected chi connectivity index (χ3v) is 3.36. The van der Waals surface area contributed by atoms with Gasteiger partial charge in [0.05, 0.1) is 5.75 Å². The molecule has 0 aliphatic carbocycles. The van der Waals surface area contributed by atoms with Gasteiger partial charge in [0.15, 0.2) is 0 Å². The van der Waals surface area contributed by atoms with E-state index in [2.05, 4.69) is 20.8 Å². The van der Waals surface area contributed by atoms with Crippen LogP contribution < -0.4 is 5.14 Å². The van der Waals surface area contributed by atoms with Crippen molar-refractivity contribution in [3.8, 4) is 0 Å². The Morgan fingerprint density at radius 2 is 1.88 bits per heavy atom. The predicted octanol–water partition coefficient (Wildman–Crippen LogP) is 2.19. The summed E-state index contributed by atoms with van der Waals surface area (Å²) in [7, 11) is -3.33. The number of hydrogen-bond donors (Lipinski definition) is 1. The summed E-state index contributed by atoms with van der Waals surface area (Å²) >= 11 is 0. The molecule has 0 saturated heterocycles. The number of primary sulfonamides is 1. The Balaban J connectivity index is 2.41. The van der Waals surface area contributed by atoms with E-state index in [1.54, 1.807) is 0 Å². The third-order valence-electron chi connectivity index (χ3n) is 2.50. The first-order chi connectivity index (χ1) is 7.68. The number of hydrogen-bond acceptors (Lipinski definition) is 3. The van der Waals surface area contributed by atoms with Crippen LogP contribution in [0.5, 0.6) is 0 Å². The van der Waals surface area contributed by atoms with Gasteiger partial charge in [-0.25, -0.2) is 13.6 Å². The zero-order valence-electron chi connectivity index (χ0n) is 10.7. The highest BCUT2D eigenvalue weighted by Gasteiger charge is 2.17. The minimum absolute atomic E-state index is 0.0127. The largest absolute Gasteiger partial charge is 0.466 e. The van der Waals surface area contributed by atoms with E-state index < -0.39 is 10.0 Å². The van der Waals surface area contributed by atoms with Gasteiger partial charge in [0.1, 0.15) is 11.5 Å². The highest BCUT2D eigenvalue weighted by atomic mass is 32.2. The maximum atomic E-state index is 10.7. The van der Waals surface area contributed by atoms with Gasteiger partial charge in [0, 0.05) is 11.8 Å². The summed E-state index contributed by atoms with van der Waals surface area (Å²) in [6.45, 7) is 6.28. The number of unbranched alkanes of at least 4 members (excludes halogenated alkanes) is 1. The average molecular weight is 259 g/mol. The summed E-state index contributed by atoms with van der Waals surface area (Å²) in [5, 5.41) is 4.92. The highest BCUT2D eigenvalue weighted by molar-refractivity contribution is 7.89. The summed E-state index contributed by atoms with van der Waals surface area (Å²) < 4.78 is 27.2. The quantitative estimate of drug-likeness (QED) is 0.824. The second-order valence-electron chi connectivity index (χ2n) is 5.34. The Hall–Kier alpha value is -0.810. The molecule has 0 atom stereocenters. The van der Waals surface area contributed by atoms with Crippen molar-refractivity contribution < 1.29 is 12.8 Å². The molecule has 0 saturated carbocycles. The Morgan fingerprint density at radius 1 is 1.24 bits per heavy atom. The zero-order chi connectivity index (χ0) is 13.1. The summed E-state index contributed by atoms with van der Waals surface area (Å²) in [6, 6.07) is 3.94. The van der Waals surface area contributed by atoms with Crippen LogP contribution in [0, 0.1) is 0 Å². The summed E-state index contributed by atoms with van der Waals surface area (Å²) in [5.74, 6) is 1.91. The van der Waals surface area contributed by atoms with E-state index in [9.17, 15) is 8.42 Å². The van der Waals surface area contributed by atoms with Crippen molar-refractivity contribution in [2.24, 2.45) is 5.14 Å². The van der Waals surface area contributed by atoms with Gasteiger partial charge in [-0.05, 0) is 25.0 Å². The van der Waals surface area contributed by atoms with Gasteiger partial charge in [-0.15, -0.1) is 0 Å². The lowest BCUT2D eigenvalue weighted by Gasteiger charge is -2.14. The standard InChI is InChI=1S/C12H21NO3S/c1-12(2,3)11-8-7-10(16-11)6-4-5-9-17(13,14)15/h7-8H,4-6,9H2,1-3H3,(H2,13,14,15). The van der Waals surface area contributed by atoms with Crippen molar-refractivity contribution in [2.75, 3.05) is 5.75 Å². The first-order valence-electron chi connectivity index (χ1n) is 5.78. The second-order valence-corrected chi connectivity index (χ2v) is 7.07. The maximum absolute atomic E-state index is 10.7. The van der Waals surface area contributed by atoms with Gasteiger partial charge >= 0.3 is 0 Å². The maximum Gasteiger partial charge on any atom is 0.209 e. The lowest BCUT2D eigenvalue weighted by Crippen LogP contribution is -2.16. The van der Waals surface area contributed by atoms with Crippen molar-refractivity contribution in [3.05, 3.63) is 23.7 Å². The van der Waals surface area contributed by atoms with Crippen LogP contribution in [0.1, 0.15) is 45.1 Å². The predicted molar refractivity (Wildman–Crippen MR) is 68.3 cm³/mol. The first-order valence-corrected chi connectivity index (χ1v) is 7.50. The van der Waals surface area contributed by atoms with E-state index >= 15 is 0 Å². The summed E-state index contributed by atoms with van der Waals surface area (Å²) in [4.78, 5) is 0. The lowest BCUT2D eigenvalue weighted by molar-refractivity contribution is 0.384. The fraction of sp³-hybridized carbons (Fsp3) is 0.667. The molecule has 17 heavy (non-hydrogen) atoms. The fourth-order valence-electron chi connectivity index (χ4n) is 1.52. The van der Waals surface area contributed by atoms with E-state index in [0.717, 1.165) is 24.4 Å². The second kappa shape index (κ2) is 5.23. The lowest BCUT2D eigenvalue weighted by atomic mass is 9.94. The van der Waals surface area contributed by atoms with Crippen LogP contribution in [0.15, 0.2) is 16.5 Å². The molecule has 0 aliphatic heterocycles. The molecule has 2 N–H and O–H groups in total. The van der Waals surface area contributed by atoms with Crippen LogP contribution in [0.25, 0.3) is 0 Å². The molecule has 0 bridgehead atoms. The Labute approximate surface area is 103 Å². The van der Waals surface area contributed by atoms with Crippen LogP contribution in [0.2, 0.25) is 0 Å². The molecule has 0 amide bonds. The molecule has 1 heterocycles. The molecule has 1 aromatic rings. The fourth-order valence-corrected chi connectivity index (χ4v) is 2.12. The van der Waals surface area contributed by atoms with E-state index in [4.69, 9.17) is 9.56 Å². The molecule has 1 aromatic heterocycles. The van der Waals surface area contributed by atoms with Crippen LogP contribution >= 0.6 is 0 Å². The first kappa shape index (κ1) is 14.3. The third kappa shape index (κ3) is 5.37. The number of rotatable bonds is 5. The average Bonchev–Trinajstić information content (AvgIpc) is 2.58. The van der Waals surface area contributed by atoms with Gasteiger partial charge in [-0.3, -0.25) is 0 Å². The Morgan fingerprint density at radius 3 is 2.35 bits per heavy atom. The van der Waals surface area contributed by atoms with Crippen molar-refractivity contribution >= 4 is 10.0 Å². The van der Waals surface area contributed by atoms with Crippen LogP contribution in [-0.2, 0) is 21.9 Å². The smallest absolute Gasteiger partial charge is 0.209 e. The Kier molecular flexibility index (Phi) is 4.38. The minimum Gasteiger partial charge on any atom is -0.466 e. The van der Waals surface area contributed by atoms with Gasteiger partial charge in [0.2, 0.25) is 10.0 Å². The number of nitrogens with two attached hydrogens (primary N) is 1. The molecule has 0 aromatic carbocycles. The van der Waals surface area contributed by atoms with E-state index in [-0.39, 0.29) is 11.2 Å². The van der Waals surface area contributed by atoms with Gasteiger partial charge < -0.3 is 4.42 Å². The number of sulfonamides is 1. The van der Waals surface area contributed by atoms with E-state index in [1.807, 2.05) is 12.1 Å². The normalized spacial score (nSPS) is 12.9. The van der Waals surface area contributed by atoms with Crippen molar-refractivity contribution in [1.29, 1.82) is 0 Å². The number of aryl methyl sites for hydroxylation is 1. The van der Waals surface area contributed by atoms with Crippen LogP contribution in [-0.4, -0.2) is 14.2 Å². The molecule has 0 radical (unpaired) electrons. The number of furan rings is 1. The van der Waals surface area contributed by atoms with Crippen molar-refractivity contribution in [3.63, 3.8) is 0 Å². The minimum atomic E-state index is -3.33. The molecule has 1 rings (SSSR count). The van der Waals surface area contributed by atoms with Crippen molar-refractivity contribution in [1.82, 2.24) is 0 Å². The van der Waals surface area contributed by atoms with Crippen LogP contribution in [0.4, 0.5) is 0 Å². The molecule has 5 heteroatoms. The molecule has 0 unspecified atom stereocenters. The molecule has 0 fully saturated rings. The monoisotopic (exact) mass is 259 g/mol. The van der Waals surface area contributed by atoms with Gasteiger partial charge in [0.25, 0.3) is 0 Å². The molecule has 4 nitrogen and oxygen atoms in total. The Bertz CT molecular complexity index is 454. The van der Waals surface area contributed by atoms with E-state index in [1.165, 1.54) is 0 Å². The van der Waals surface area contributed by atoms with Crippen molar-refractivity contribution in [2.45, 2.75) is 45.4 Å².